The molecule has 1 aromatic carbocycles. The number of hydrogen-bond donors (Lipinski definition) is 1. The summed E-state index contributed by atoms with van der Waals surface area (Å²) in [6.45, 7) is 3.09. The van der Waals surface area contributed by atoms with Gasteiger partial charge in [-0.05, 0) is 49.6 Å². The maximum atomic E-state index is 12.9. The largest absolute Gasteiger partial charge is 0.457 e. The van der Waals surface area contributed by atoms with Crippen molar-refractivity contribution in [2.45, 2.75) is 20.3 Å². The number of hydrogen-bond acceptors (Lipinski definition) is 7. The molecule has 2 amide bonds. The van der Waals surface area contributed by atoms with Gasteiger partial charge in [0.2, 0.25) is 0 Å². The molecule has 9 nitrogen and oxygen atoms in total. The number of nitro groups is 1. The van der Waals surface area contributed by atoms with E-state index >= 15 is 0 Å². The second-order valence-corrected chi connectivity index (χ2v) is 6.97. The molecule has 0 spiro atoms. The molecule has 0 saturated heterocycles. The third-order valence-electron chi connectivity index (χ3n) is 4.98. The molecule has 2 heterocycles. The summed E-state index contributed by atoms with van der Waals surface area (Å²) in [6.07, 6.45) is 1.63. The lowest BCUT2D eigenvalue weighted by molar-refractivity contribution is -0.384. The Bertz CT molecular complexity index is 1180. The molecule has 158 valence electrons. The van der Waals surface area contributed by atoms with Gasteiger partial charge in [-0.15, -0.1) is 0 Å². The van der Waals surface area contributed by atoms with Crippen LogP contribution in [0.25, 0.3) is 17.4 Å². The summed E-state index contributed by atoms with van der Waals surface area (Å²) < 4.78 is 5.80. The Kier molecular flexibility index (Phi) is 6.13. The van der Waals surface area contributed by atoms with E-state index < -0.39 is 16.7 Å². The zero-order valence-electron chi connectivity index (χ0n) is 16.9. The summed E-state index contributed by atoms with van der Waals surface area (Å²) in [5.41, 5.74) is 1.46. The predicted molar refractivity (Wildman–Crippen MR) is 110 cm³/mol. The first-order chi connectivity index (χ1) is 14.8. The summed E-state index contributed by atoms with van der Waals surface area (Å²) in [5, 5.41) is 29.5. The number of nitriles is 1. The number of aryl methyl sites for hydroxylation is 1. The van der Waals surface area contributed by atoms with Crippen LogP contribution in [0.1, 0.15) is 24.7 Å². The zero-order valence-corrected chi connectivity index (χ0v) is 16.9. The monoisotopic (exact) mass is 421 g/mol. The SMILES string of the molecule is CC1=C(C#N)C(=O)N(CCCO)C(=O)/C1=C\c1ccc(-c2cc([N+](=O)[O-])ccc2C)o1. The van der Waals surface area contributed by atoms with E-state index in [9.17, 15) is 25.0 Å². The third-order valence-corrected chi connectivity index (χ3v) is 4.98. The standard InChI is InChI=1S/C22H19N3O6/c1-13-4-5-15(25(29)30)10-17(13)20-7-6-16(31-20)11-18-14(2)19(12-23)22(28)24(21(18)27)8-3-9-26/h4-7,10-11,26H,3,8-9H2,1-2H3/b18-11-. The minimum atomic E-state index is -0.692. The molecule has 0 saturated carbocycles. The fourth-order valence-corrected chi connectivity index (χ4v) is 3.27. The van der Waals surface area contributed by atoms with Gasteiger partial charge in [-0.1, -0.05) is 6.07 Å². The lowest BCUT2D eigenvalue weighted by atomic mass is 9.94. The molecule has 0 atom stereocenters. The summed E-state index contributed by atoms with van der Waals surface area (Å²) >= 11 is 0. The molecule has 2 aromatic rings. The number of furan rings is 1. The number of amides is 2. The van der Waals surface area contributed by atoms with E-state index in [1.54, 1.807) is 25.1 Å². The number of nitro benzene ring substituents is 1. The van der Waals surface area contributed by atoms with Crippen molar-refractivity contribution >= 4 is 23.6 Å². The Morgan fingerprint density at radius 2 is 1.97 bits per heavy atom. The zero-order chi connectivity index (χ0) is 22.7. The van der Waals surface area contributed by atoms with Gasteiger partial charge < -0.3 is 9.52 Å². The molecule has 1 aliphatic rings. The summed E-state index contributed by atoms with van der Waals surface area (Å²) in [7, 11) is 0. The summed E-state index contributed by atoms with van der Waals surface area (Å²) in [5.74, 6) is -0.605. The van der Waals surface area contributed by atoms with E-state index in [-0.39, 0.29) is 47.7 Å². The Balaban J connectivity index is 2.03. The van der Waals surface area contributed by atoms with Crippen LogP contribution in [0.15, 0.2) is 51.5 Å². The number of imide groups is 1. The Morgan fingerprint density at radius 3 is 2.61 bits per heavy atom. The van der Waals surface area contributed by atoms with Crippen molar-refractivity contribution < 1.29 is 24.0 Å². The lowest BCUT2D eigenvalue weighted by Crippen LogP contribution is -2.43. The van der Waals surface area contributed by atoms with Gasteiger partial charge in [-0.25, -0.2) is 0 Å². The molecule has 0 bridgehead atoms. The van der Waals surface area contributed by atoms with Gasteiger partial charge >= 0.3 is 0 Å². The maximum absolute atomic E-state index is 12.9. The second-order valence-electron chi connectivity index (χ2n) is 6.97. The molecule has 3 rings (SSSR count). The highest BCUT2D eigenvalue weighted by molar-refractivity contribution is 6.19. The van der Waals surface area contributed by atoms with Crippen molar-refractivity contribution in [1.82, 2.24) is 4.90 Å². The average molecular weight is 421 g/mol. The lowest BCUT2D eigenvalue weighted by Gasteiger charge is -2.27. The average Bonchev–Trinajstić information content (AvgIpc) is 3.20. The van der Waals surface area contributed by atoms with E-state index in [4.69, 9.17) is 9.52 Å². The first-order valence-corrected chi connectivity index (χ1v) is 9.43. The summed E-state index contributed by atoms with van der Waals surface area (Å²) in [6, 6.07) is 9.50. The number of nitrogens with zero attached hydrogens (tertiary/aromatic N) is 3. The van der Waals surface area contributed by atoms with Crippen molar-refractivity contribution in [2.24, 2.45) is 0 Å². The fraction of sp³-hybridized carbons (Fsp3) is 0.227. The van der Waals surface area contributed by atoms with E-state index in [0.717, 1.165) is 10.5 Å². The van der Waals surface area contributed by atoms with Crippen LogP contribution in [-0.2, 0) is 9.59 Å². The third kappa shape index (κ3) is 4.15. The number of rotatable bonds is 6. The van der Waals surface area contributed by atoms with E-state index in [1.807, 2.05) is 6.07 Å². The number of aliphatic hydroxyl groups excluding tert-OH is 1. The Morgan fingerprint density at radius 1 is 1.23 bits per heavy atom. The van der Waals surface area contributed by atoms with Crippen LogP contribution < -0.4 is 0 Å². The molecule has 1 N–H and O–H groups in total. The van der Waals surface area contributed by atoms with Crippen molar-refractivity contribution in [3.05, 3.63) is 68.5 Å². The molecule has 1 aliphatic heterocycles. The molecule has 1 aromatic heterocycles. The van der Waals surface area contributed by atoms with Crippen molar-refractivity contribution in [3.63, 3.8) is 0 Å². The van der Waals surface area contributed by atoms with E-state index in [0.29, 0.717) is 11.3 Å². The van der Waals surface area contributed by atoms with Crippen molar-refractivity contribution in [1.29, 1.82) is 5.26 Å². The molecule has 0 radical (unpaired) electrons. The number of benzene rings is 1. The van der Waals surface area contributed by atoms with Gasteiger partial charge in [-0.2, -0.15) is 5.26 Å². The molecular formula is C22H19N3O6. The fourth-order valence-electron chi connectivity index (χ4n) is 3.27. The molecule has 31 heavy (non-hydrogen) atoms. The van der Waals surface area contributed by atoms with E-state index in [1.165, 1.54) is 25.1 Å². The quantitative estimate of drug-likeness (QED) is 0.327. The van der Waals surface area contributed by atoms with Gasteiger partial charge in [0.25, 0.3) is 17.5 Å². The first-order valence-electron chi connectivity index (χ1n) is 9.43. The van der Waals surface area contributed by atoms with Gasteiger partial charge in [0, 0.05) is 36.4 Å². The van der Waals surface area contributed by atoms with Crippen molar-refractivity contribution in [2.75, 3.05) is 13.2 Å². The Labute approximate surface area is 177 Å². The van der Waals surface area contributed by atoms with Crippen LogP contribution in [0.4, 0.5) is 5.69 Å². The van der Waals surface area contributed by atoms with Crippen LogP contribution in [0.3, 0.4) is 0 Å². The number of carbonyl (C=O) groups excluding carboxylic acids is 2. The summed E-state index contributed by atoms with van der Waals surface area (Å²) in [4.78, 5) is 36.8. The van der Waals surface area contributed by atoms with Gasteiger partial charge in [0.05, 0.1) is 4.92 Å². The van der Waals surface area contributed by atoms with Gasteiger partial charge in [0.1, 0.15) is 23.2 Å². The first kappa shape index (κ1) is 21.7. The van der Waals surface area contributed by atoms with E-state index in [2.05, 4.69) is 0 Å². The molecule has 0 unspecified atom stereocenters. The number of carbonyl (C=O) groups is 2. The minimum Gasteiger partial charge on any atom is -0.457 e. The minimum absolute atomic E-state index is 0.0136. The molecule has 0 aliphatic carbocycles. The highest BCUT2D eigenvalue weighted by Crippen LogP contribution is 2.32. The maximum Gasteiger partial charge on any atom is 0.271 e. The van der Waals surface area contributed by atoms with Gasteiger partial charge in [-0.3, -0.25) is 24.6 Å². The van der Waals surface area contributed by atoms with Crippen molar-refractivity contribution in [3.8, 4) is 17.4 Å². The molecular weight excluding hydrogens is 402 g/mol. The number of non-ortho nitro benzene ring substituents is 1. The normalized spacial score (nSPS) is 15.5. The van der Waals surface area contributed by atoms with Crippen LogP contribution in [0.5, 0.6) is 0 Å². The van der Waals surface area contributed by atoms with Crippen LogP contribution >= 0.6 is 0 Å². The predicted octanol–water partition coefficient (Wildman–Crippen LogP) is 3.14. The number of aliphatic hydroxyl groups is 1. The van der Waals surface area contributed by atoms with Crippen LogP contribution in [0, 0.1) is 28.4 Å². The van der Waals surface area contributed by atoms with Crippen LogP contribution in [-0.4, -0.2) is 39.9 Å². The second kappa shape index (κ2) is 8.77. The van der Waals surface area contributed by atoms with Crippen LogP contribution in [0.2, 0.25) is 0 Å². The highest BCUT2D eigenvalue weighted by Gasteiger charge is 2.35. The topological polar surface area (TPSA) is 138 Å². The smallest absolute Gasteiger partial charge is 0.271 e. The van der Waals surface area contributed by atoms with Gasteiger partial charge in [0.15, 0.2) is 0 Å². The molecule has 0 fully saturated rings. The Hall–Kier alpha value is -4.03. The highest BCUT2D eigenvalue weighted by atomic mass is 16.6. The molecule has 9 heteroatoms.